The van der Waals surface area contributed by atoms with Gasteiger partial charge in [0.05, 0.1) is 11.9 Å². The molecule has 0 aliphatic carbocycles. The Hall–Kier alpha value is -2.79. The van der Waals surface area contributed by atoms with Crippen molar-refractivity contribution in [1.29, 1.82) is 0 Å². The Bertz CT molecular complexity index is 864. The molecule has 3 aromatic rings. The fourth-order valence-corrected chi connectivity index (χ4v) is 2.66. The van der Waals surface area contributed by atoms with Gasteiger partial charge in [0.25, 0.3) is 5.91 Å². The van der Waals surface area contributed by atoms with Crippen LogP contribution in [0.2, 0.25) is 5.02 Å². The predicted molar refractivity (Wildman–Crippen MR) is 102 cm³/mol. The average Bonchev–Trinajstić information content (AvgIpc) is 3.11. The van der Waals surface area contributed by atoms with Crippen molar-refractivity contribution in [2.24, 2.45) is 0 Å². The zero-order valence-electron chi connectivity index (χ0n) is 14.4. The Kier molecular flexibility index (Phi) is 5.92. The van der Waals surface area contributed by atoms with Gasteiger partial charge >= 0.3 is 0 Å². The van der Waals surface area contributed by atoms with Gasteiger partial charge in [-0.15, -0.1) is 0 Å². The normalized spacial score (nSPS) is 11.8. The van der Waals surface area contributed by atoms with Crippen molar-refractivity contribution in [3.63, 3.8) is 0 Å². The summed E-state index contributed by atoms with van der Waals surface area (Å²) in [6.07, 6.45) is 3.88. The first kappa shape index (κ1) is 18.0. The molecule has 1 unspecified atom stereocenters. The molecular weight excluding hydrogens is 350 g/mol. The van der Waals surface area contributed by atoms with E-state index in [0.29, 0.717) is 23.7 Å². The molecule has 0 spiro atoms. The summed E-state index contributed by atoms with van der Waals surface area (Å²) in [6.45, 7) is 2.23. The van der Waals surface area contributed by atoms with E-state index in [4.69, 9.17) is 16.3 Å². The maximum Gasteiger partial charge on any atom is 0.260 e. The van der Waals surface area contributed by atoms with Crippen LogP contribution < -0.4 is 10.1 Å². The van der Waals surface area contributed by atoms with Gasteiger partial charge in [0.15, 0.2) is 6.10 Å². The zero-order valence-corrected chi connectivity index (χ0v) is 15.2. The number of para-hydroxylation sites is 1. The minimum absolute atomic E-state index is 0.166. The number of rotatable bonds is 7. The van der Waals surface area contributed by atoms with Crippen LogP contribution in [0.25, 0.3) is 5.69 Å². The number of nitrogens with zero attached hydrogens (tertiary/aromatic N) is 2. The smallest absolute Gasteiger partial charge is 0.260 e. The standard InChI is InChI=1S/C20H20ClN3O2/c1-15(26-19-9-5-6-17(21)12-19)20(25)22-11-10-16-13-23-24(14-16)18-7-3-2-4-8-18/h2-9,12-15H,10-11H2,1H3,(H,22,25). The number of carbonyl (C=O) groups is 1. The maximum atomic E-state index is 12.2. The van der Waals surface area contributed by atoms with E-state index in [1.807, 2.05) is 47.4 Å². The monoisotopic (exact) mass is 369 g/mol. The first-order valence-corrected chi connectivity index (χ1v) is 8.78. The van der Waals surface area contributed by atoms with E-state index in [9.17, 15) is 4.79 Å². The third-order valence-corrected chi connectivity index (χ3v) is 4.08. The zero-order chi connectivity index (χ0) is 18.4. The summed E-state index contributed by atoms with van der Waals surface area (Å²) in [4.78, 5) is 12.2. The Morgan fingerprint density at radius 1 is 1.23 bits per heavy atom. The topological polar surface area (TPSA) is 56.1 Å². The van der Waals surface area contributed by atoms with Gasteiger partial charge in [-0.25, -0.2) is 4.68 Å². The Balaban J connectivity index is 1.47. The molecule has 0 fully saturated rings. The molecule has 0 bridgehead atoms. The molecule has 0 radical (unpaired) electrons. The second kappa shape index (κ2) is 8.54. The van der Waals surface area contributed by atoms with Crippen molar-refractivity contribution in [2.75, 3.05) is 6.54 Å². The second-order valence-corrected chi connectivity index (χ2v) is 6.32. The van der Waals surface area contributed by atoms with Crippen LogP contribution in [0.1, 0.15) is 12.5 Å². The van der Waals surface area contributed by atoms with Gasteiger partial charge in [-0.2, -0.15) is 5.10 Å². The summed E-state index contributed by atoms with van der Waals surface area (Å²) >= 11 is 5.92. The van der Waals surface area contributed by atoms with E-state index in [-0.39, 0.29) is 5.91 Å². The molecule has 0 saturated heterocycles. The van der Waals surface area contributed by atoms with Gasteiger partial charge in [0.2, 0.25) is 0 Å². The number of hydrogen-bond donors (Lipinski definition) is 1. The lowest BCUT2D eigenvalue weighted by Gasteiger charge is -2.14. The lowest BCUT2D eigenvalue weighted by atomic mass is 10.2. The van der Waals surface area contributed by atoms with Crippen LogP contribution in [0.3, 0.4) is 0 Å². The van der Waals surface area contributed by atoms with Crippen LogP contribution in [0.15, 0.2) is 67.0 Å². The molecule has 1 amide bonds. The molecule has 26 heavy (non-hydrogen) atoms. The number of hydrogen-bond acceptors (Lipinski definition) is 3. The average molecular weight is 370 g/mol. The summed E-state index contributed by atoms with van der Waals surface area (Å²) in [5.41, 5.74) is 2.06. The fourth-order valence-electron chi connectivity index (χ4n) is 2.48. The minimum atomic E-state index is -0.597. The van der Waals surface area contributed by atoms with Gasteiger partial charge in [0.1, 0.15) is 5.75 Å². The van der Waals surface area contributed by atoms with E-state index in [0.717, 1.165) is 11.3 Å². The number of benzene rings is 2. The molecule has 1 atom stereocenters. The molecule has 1 N–H and O–H groups in total. The molecular formula is C20H20ClN3O2. The third kappa shape index (κ3) is 4.86. The van der Waals surface area contributed by atoms with Crippen LogP contribution in [0.5, 0.6) is 5.75 Å². The number of ether oxygens (including phenoxy) is 1. The van der Waals surface area contributed by atoms with E-state index in [2.05, 4.69) is 10.4 Å². The number of amides is 1. The number of aromatic nitrogens is 2. The first-order chi connectivity index (χ1) is 12.6. The third-order valence-electron chi connectivity index (χ3n) is 3.85. The van der Waals surface area contributed by atoms with Gasteiger partial charge in [-0.05, 0) is 49.2 Å². The van der Waals surface area contributed by atoms with E-state index in [1.54, 1.807) is 31.2 Å². The van der Waals surface area contributed by atoms with Gasteiger partial charge in [-0.3, -0.25) is 4.79 Å². The molecule has 134 valence electrons. The highest BCUT2D eigenvalue weighted by atomic mass is 35.5. The second-order valence-electron chi connectivity index (χ2n) is 5.89. The van der Waals surface area contributed by atoms with Crippen LogP contribution in [0.4, 0.5) is 0 Å². The molecule has 1 heterocycles. The number of carbonyl (C=O) groups excluding carboxylic acids is 1. The summed E-state index contributed by atoms with van der Waals surface area (Å²) in [5.74, 6) is 0.407. The van der Waals surface area contributed by atoms with Crippen molar-refractivity contribution < 1.29 is 9.53 Å². The number of nitrogens with one attached hydrogen (secondary N) is 1. The Labute approximate surface area is 157 Å². The molecule has 2 aromatic carbocycles. The summed E-state index contributed by atoms with van der Waals surface area (Å²) in [7, 11) is 0. The summed E-state index contributed by atoms with van der Waals surface area (Å²) < 4.78 is 7.43. The molecule has 0 aliphatic heterocycles. The largest absolute Gasteiger partial charge is 0.481 e. The molecule has 3 rings (SSSR count). The Morgan fingerprint density at radius 2 is 2.04 bits per heavy atom. The molecule has 5 nitrogen and oxygen atoms in total. The first-order valence-electron chi connectivity index (χ1n) is 8.41. The maximum absolute atomic E-state index is 12.2. The van der Waals surface area contributed by atoms with E-state index < -0.39 is 6.10 Å². The summed E-state index contributed by atoms with van der Waals surface area (Å²) in [6, 6.07) is 16.9. The van der Waals surface area contributed by atoms with Crippen molar-refractivity contribution in [1.82, 2.24) is 15.1 Å². The highest BCUT2D eigenvalue weighted by Crippen LogP contribution is 2.18. The Morgan fingerprint density at radius 3 is 2.81 bits per heavy atom. The molecule has 6 heteroatoms. The molecule has 1 aromatic heterocycles. The van der Waals surface area contributed by atoms with Crippen LogP contribution in [0, 0.1) is 0 Å². The highest BCUT2D eigenvalue weighted by molar-refractivity contribution is 6.30. The van der Waals surface area contributed by atoms with Crippen LogP contribution >= 0.6 is 11.6 Å². The SMILES string of the molecule is CC(Oc1cccc(Cl)c1)C(=O)NCCc1cnn(-c2ccccc2)c1. The minimum Gasteiger partial charge on any atom is -0.481 e. The van der Waals surface area contributed by atoms with E-state index in [1.165, 1.54) is 0 Å². The van der Waals surface area contributed by atoms with Crippen molar-refractivity contribution in [3.8, 4) is 11.4 Å². The fraction of sp³-hybridized carbons (Fsp3) is 0.200. The molecule has 0 aliphatic rings. The predicted octanol–water partition coefficient (Wildman–Crippen LogP) is 3.65. The molecule has 0 saturated carbocycles. The van der Waals surface area contributed by atoms with E-state index >= 15 is 0 Å². The van der Waals surface area contributed by atoms with Gasteiger partial charge in [0, 0.05) is 17.8 Å². The highest BCUT2D eigenvalue weighted by Gasteiger charge is 2.14. The quantitative estimate of drug-likeness (QED) is 0.691. The van der Waals surface area contributed by atoms with Crippen LogP contribution in [-0.4, -0.2) is 28.3 Å². The van der Waals surface area contributed by atoms with Crippen molar-refractivity contribution >= 4 is 17.5 Å². The lowest BCUT2D eigenvalue weighted by Crippen LogP contribution is -2.37. The lowest BCUT2D eigenvalue weighted by molar-refractivity contribution is -0.127. The van der Waals surface area contributed by atoms with Gasteiger partial charge < -0.3 is 10.1 Å². The van der Waals surface area contributed by atoms with Gasteiger partial charge in [-0.1, -0.05) is 35.9 Å². The number of halogens is 1. The van der Waals surface area contributed by atoms with Crippen molar-refractivity contribution in [2.45, 2.75) is 19.4 Å². The summed E-state index contributed by atoms with van der Waals surface area (Å²) in [5, 5.41) is 7.81. The van der Waals surface area contributed by atoms with Crippen LogP contribution in [-0.2, 0) is 11.2 Å². The van der Waals surface area contributed by atoms with Crippen molar-refractivity contribution in [3.05, 3.63) is 77.6 Å².